The molecule has 1 aromatic heterocycles. The fourth-order valence-electron chi connectivity index (χ4n) is 5.21. The molecular formula is C26H24BrFN4O4. The lowest BCUT2D eigenvalue weighted by atomic mass is 9.72. The number of fused-ring (bicyclic) bond motifs is 2. The molecule has 1 amide bonds. The number of hydrogen-bond acceptors (Lipinski definition) is 6. The minimum Gasteiger partial charge on any atom is -0.494 e. The van der Waals surface area contributed by atoms with E-state index in [0.29, 0.717) is 35.2 Å². The SMILES string of the molecule is COc1ccc(-n2c(C34CC(CN3C(=O)OC(C)(C)C)C4)nc3c(Br)cc(C#N)cc3c2=O)cc1F. The molecule has 0 atom stereocenters. The first-order valence-electron chi connectivity index (χ1n) is 11.5. The molecule has 6 rings (SSSR count). The molecule has 1 saturated carbocycles. The quantitative estimate of drug-likeness (QED) is 0.450. The molecule has 3 fully saturated rings. The molecule has 2 aliphatic heterocycles. The molecule has 8 nitrogen and oxygen atoms in total. The number of aromatic nitrogens is 2. The minimum atomic E-state index is -0.885. The second-order valence-electron chi connectivity index (χ2n) is 10.3. The maximum Gasteiger partial charge on any atom is 0.411 e. The summed E-state index contributed by atoms with van der Waals surface area (Å²) in [6.07, 6.45) is 0.733. The van der Waals surface area contributed by atoms with Crippen molar-refractivity contribution in [3.8, 4) is 17.5 Å². The highest BCUT2D eigenvalue weighted by Crippen LogP contribution is 2.57. The summed E-state index contributed by atoms with van der Waals surface area (Å²) in [6.45, 7) is 5.87. The number of amides is 1. The predicted molar refractivity (Wildman–Crippen MR) is 134 cm³/mol. The summed E-state index contributed by atoms with van der Waals surface area (Å²) in [5, 5.41) is 9.64. The summed E-state index contributed by atoms with van der Waals surface area (Å²) in [7, 11) is 1.36. The first-order chi connectivity index (χ1) is 17.0. The first-order valence-corrected chi connectivity index (χ1v) is 12.3. The Bertz CT molecular complexity index is 1520. The molecule has 2 bridgehead atoms. The van der Waals surface area contributed by atoms with E-state index in [1.165, 1.54) is 29.9 Å². The predicted octanol–water partition coefficient (Wildman–Crippen LogP) is 5.02. The third kappa shape index (κ3) is 3.73. The van der Waals surface area contributed by atoms with Crippen molar-refractivity contribution in [3.63, 3.8) is 0 Å². The van der Waals surface area contributed by atoms with Gasteiger partial charge in [0, 0.05) is 17.1 Å². The number of nitrogens with zero attached hydrogens (tertiary/aromatic N) is 4. The molecule has 0 N–H and O–H groups in total. The highest BCUT2D eigenvalue weighted by molar-refractivity contribution is 9.10. The molecule has 1 aliphatic carbocycles. The van der Waals surface area contributed by atoms with Gasteiger partial charge in [-0.3, -0.25) is 14.3 Å². The van der Waals surface area contributed by atoms with E-state index in [9.17, 15) is 19.2 Å². The van der Waals surface area contributed by atoms with Gasteiger partial charge < -0.3 is 9.47 Å². The fraction of sp³-hybridized carbons (Fsp3) is 0.385. The highest BCUT2D eigenvalue weighted by atomic mass is 79.9. The zero-order valence-electron chi connectivity index (χ0n) is 20.3. The number of nitriles is 1. The molecule has 0 radical (unpaired) electrons. The van der Waals surface area contributed by atoms with Gasteiger partial charge in [-0.1, -0.05) is 0 Å². The maximum absolute atomic E-state index is 14.8. The lowest BCUT2D eigenvalue weighted by Crippen LogP contribution is -2.50. The van der Waals surface area contributed by atoms with Crippen molar-refractivity contribution < 1.29 is 18.7 Å². The molecule has 36 heavy (non-hydrogen) atoms. The number of halogens is 2. The zero-order chi connectivity index (χ0) is 26.0. The van der Waals surface area contributed by atoms with Crippen LogP contribution in [0.1, 0.15) is 45.0 Å². The normalized spacial score (nSPS) is 20.7. The molecule has 2 aromatic carbocycles. The molecule has 2 saturated heterocycles. The van der Waals surface area contributed by atoms with Gasteiger partial charge in [-0.15, -0.1) is 0 Å². The van der Waals surface area contributed by atoms with Crippen LogP contribution in [0.5, 0.6) is 5.75 Å². The maximum atomic E-state index is 14.8. The zero-order valence-corrected chi connectivity index (χ0v) is 21.8. The van der Waals surface area contributed by atoms with Crippen LogP contribution in [0.15, 0.2) is 39.6 Å². The molecule has 3 aliphatic rings. The lowest BCUT2D eigenvalue weighted by Gasteiger charge is -2.42. The number of benzene rings is 2. The van der Waals surface area contributed by atoms with Gasteiger partial charge in [-0.05, 0) is 79.7 Å². The van der Waals surface area contributed by atoms with Crippen LogP contribution in [0, 0.1) is 23.1 Å². The average molecular weight is 555 g/mol. The minimum absolute atomic E-state index is 0.0368. The second kappa shape index (κ2) is 8.30. The Kier molecular flexibility index (Phi) is 5.59. The summed E-state index contributed by atoms with van der Waals surface area (Å²) in [5.41, 5.74) is -1.15. The van der Waals surface area contributed by atoms with E-state index in [1.807, 2.05) is 6.07 Å². The van der Waals surface area contributed by atoms with Crippen molar-refractivity contribution in [1.29, 1.82) is 5.26 Å². The lowest BCUT2D eigenvalue weighted by molar-refractivity contribution is 0.00316. The Morgan fingerprint density at radius 3 is 2.61 bits per heavy atom. The van der Waals surface area contributed by atoms with E-state index >= 15 is 0 Å². The van der Waals surface area contributed by atoms with Crippen LogP contribution in [0.3, 0.4) is 0 Å². The fourth-order valence-corrected chi connectivity index (χ4v) is 5.76. The molecule has 3 aromatic rings. The summed E-state index contributed by atoms with van der Waals surface area (Å²) in [5.74, 6) is -0.0285. The van der Waals surface area contributed by atoms with Crippen LogP contribution in [-0.4, -0.2) is 39.8 Å². The number of rotatable bonds is 3. The Morgan fingerprint density at radius 2 is 2.00 bits per heavy atom. The molecular weight excluding hydrogens is 531 g/mol. The summed E-state index contributed by atoms with van der Waals surface area (Å²) >= 11 is 3.45. The molecule has 186 valence electrons. The number of carbonyl (C=O) groups is 1. The highest BCUT2D eigenvalue weighted by Gasteiger charge is 2.62. The van der Waals surface area contributed by atoms with Crippen molar-refractivity contribution in [3.05, 3.63) is 62.4 Å². The third-order valence-corrected chi connectivity index (χ3v) is 7.29. The van der Waals surface area contributed by atoms with Crippen molar-refractivity contribution in [1.82, 2.24) is 14.5 Å². The summed E-state index contributed by atoms with van der Waals surface area (Å²) in [4.78, 5) is 33.7. The van der Waals surface area contributed by atoms with Crippen molar-refractivity contribution in [2.75, 3.05) is 13.7 Å². The molecule has 3 heterocycles. The number of hydrogen-bond donors (Lipinski definition) is 0. The van der Waals surface area contributed by atoms with Crippen molar-refractivity contribution in [2.45, 2.75) is 44.8 Å². The van der Waals surface area contributed by atoms with E-state index < -0.39 is 28.6 Å². The standard InChI is InChI=1S/C26H24BrFN4O4/c1-25(2,3)36-24(34)31-13-15-10-26(31,11-15)23-30-21-17(7-14(12-29)8-18(21)27)22(33)32(23)16-5-6-20(35-4)19(28)9-16/h5-9,15H,10-11,13H2,1-4H3. The Morgan fingerprint density at radius 1 is 1.28 bits per heavy atom. The van der Waals surface area contributed by atoms with Gasteiger partial charge in [0.2, 0.25) is 0 Å². The topological polar surface area (TPSA) is 97.4 Å². The van der Waals surface area contributed by atoms with E-state index in [4.69, 9.17) is 14.5 Å². The van der Waals surface area contributed by atoms with Crippen LogP contribution < -0.4 is 10.3 Å². The van der Waals surface area contributed by atoms with Crippen LogP contribution in [0.4, 0.5) is 9.18 Å². The Labute approximate surface area is 215 Å². The van der Waals surface area contributed by atoms with Gasteiger partial charge in [0.15, 0.2) is 11.6 Å². The van der Waals surface area contributed by atoms with Crippen molar-refractivity contribution in [2.24, 2.45) is 5.92 Å². The number of carbonyl (C=O) groups excluding carboxylic acids is 1. The second-order valence-corrected chi connectivity index (χ2v) is 11.1. The van der Waals surface area contributed by atoms with Gasteiger partial charge in [0.25, 0.3) is 5.56 Å². The molecule has 10 heteroatoms. The van der Waals surface area contributed by atoms with Crippen LogP contribution in [-0.2, 0) is 10.3 Å². The monoisotopic (exact) mass is 554 g/mol. The largest absolute Gasteiger partial charge is 0.494 e. The number of ether oxygens (including phenoxy) is 2. The summed E-state index contributed by atoms with van der Waals surface area (Å²) < 4.78 is 27.3. The van der Waals surface area contributed by atoms with Gasteiger partial charge in [-0.25, -0.2) is 14.2 Å². The van der Waals surface area contributed by atoms with Crippen LogP contribution in [0.2, 0.25) is 0 Å². The van der Waals surface area contributed by atoms with E-state index in [-0.39, 0.29) is 28.3 Å². The van der Waals surface area contributed by atoms with Gasteiger partial charge in [-0.2, -0.15) is 5.26 Å². The van der Waals surface area contributed by atoms with Gasteiger partial charge in [0.05, 0.1) is 35.3 Å². The number of methoxy groups -OCH3 is 1. The molecule has 0 spiro atoms. The van der Waals surface area contributed by atoms with E-state index in [1.54, 1.807) is 37.8 Å². The molecule has 0 unspecified atom stereocenters. The van der Waals surface area contributed by atoms with Gasteiger partial charge >= 0.3 is 6.09 Å². The van der Waals surface area contributed by atoms with Crippen LogP contribution in [0.25, 0.3) is 16.6 Å². The van der Waals surface area contributed by atoms with E-state index in [2.05, 4.69) is 15.9 Å². The third-order valence-electron chi connectivity index (χ3n) is 6.69. The Hall–Kier alpha value is -3.45. The first kappa shape index (κ1) is 24.3. The van der Waals surface area contributed by atoms with Crippen molar-refractivity contribution >= 4 is 32.9 Å². The average Bonchev–Trinajstić information content (AvgIpc) is 3.35. The summed E-state index contributed by atoms with van der Waals surface area (Å²) in [6, 6.07) is 9.33. The Balaban J connectivity index is 1.79. The van der Waals surface area contributed by atoms with Crippen LogP contribution >= 0.6 is 15.9 Å². The van der Waals surface area contributed by atoms with Gasteiger partial charge in [0.1, 0.15) is 17.0 Å². The van der Waals surface area contributed by atoms with E-state index in [0.717, 1.165) is 0 Å². The smallest absolute Gasteiger partial charge is 0.411 e.